The van der Waals surface area contributed by atoms with Crippen molar-refractivity contribution in [3.63, 3.8) is 0 Å². The Labute approximate surface area is 149 Å². The van der Waals surface area contributed by atoms with Gasteiger partial charge in [-0.05, 0) is 31.9 Å². The normalized spacial score (nSPS) is 11.5. The predicted molar refractivity (Wildman–Crippen MR) is 93.7 cm³/mol. The number of carbonyl (C=O) groups is 2. The maximum absolute atomic E-state index is 11.7. The molecule has 7 nitrogen and oxygen atoms in total. The highest BCUT2D eigenvalue weighted by molar-refractivity contribution is 5.79. The van der Waals surface area contributed by atoms with Crippen LogP contribution in [0.25, 0.3) is 0 Å². The van der Waals surface area contributed by atoms with Crippen molar-refractivity contribution in [1.29, 1.82) is 0 Å². The third-order valence-corrected chi connectivity index (χ3v) is 3.57. The topological polar surface area (TPSA) is 86.8 Å². The number of nitrogens with zero attached hydrogens (tertiary/aromatic N) is 1. The molecule has 7 heteroatoms. The molecule has 0 aliphatic carbocycles. The van der Waals surface area contributed by atoms with E-state index in [9.17, 15) is 9.59 Å². The van der Waals surface area contributed by atoms with Gasteiger partial charge in [0.2, 0.25) is 0 Å². The maximum Gasteiger partial charge on any atom is 0.414 e. The summed E-state index contributed by atoms with van der Waals surface area (Å²) in [5.74, 6) is -0.126. The fraction of sp³-hybridized carbons (Fsp3) is 0.611. The van der Waals surface area contributed by atoms with Crippen molar-refractivity contribution < 1.29 is 23.8 Å². The van der Waals surface area contributed by atoms with Gasteiger partial charge in [-0.1, -0.05) is 32.6 Å². The number of hydrogen-bond donors (Lipinski definition) is 1. The van der Waals surface area contributed by atoms with E-state index in [1.54, 1.807) is 12.1 Å². The summed E-state index contributed by atoms with van der Waals surface area (Å²) in [4.78, 5) is 27.3. The van der Waals surface area contributed by atoms with Crippen molar-refractivity contribution in [1.82, 2.24) is 10.3 Å². The molecule has 0 bridgehead atoms. The number of hydrogen-bond acceptors (Lipinski definition) is 6. The average Bonchev–Trinajstić information content (AvgIpc) is 2.60. The fourth-order valence-corrected chi connectivity index (χ4v) is 2.24. The zero-order valence-electron chi connectivity index (χ0n) is 15.2. The van der Waals surface area contributed by atoms with Crippen molar-refractivity contribution >= 4 is 12.1 Å². The second kappa shape index (κ2) is 12.1. The Bertz CT molecular complexity index is 536. The van der Waals surface area contributed by atoms with Crippen LogP contribution in [-0.2, 0) is 9.53 Å². The van der Waals surface area contributed by atoms with Crippen LogP contribution in [0.3, 0.4) is 0 Å². The third kappa shape index (κ3) is 8.93. The first-order valence-corrected chi connectivity index (χ1v) is 8.71. The minimum atomic E-state index is -0.791. The summed E-state index contributed by atoms with van der Waals surface area (Å²) in [6.07, 6.45) is 7.17. The molecule has 0 saturated heterocycles. The van der Waals surface area contributed by atoms with E-state index in [1.807, 2.05) is 6.92 Å². The summed E-state index contributed by atoms with van der Waals surface area (Å²) in [5, 5.41) is 2.34. The van der Waals surface area contributed by atoms with Crippen LogP contribution in [0.5, 0.6) is 11.6 Å². The van der Waals surface area contributed by atoms with E-state index in [0.29, 0.717) is 5.75 Å². The Kier molecular flexibility index (Phi) is 10.0. The van der Waals surface area contributed by atoms with Crippen molar-refractivity contribution in [2.24, 2.45) is 0 Å². The first kappa shape index (κ1) is 20.7. The van der Waals surface area contributed by atoms with Crippen molar-refractivity contribution in [3.8, 4) is 11.6 Å². The number of esters is 1. The van der Waals surface area contributed by atoms with Gasteiger partial charge < -0.3 is 19.5 Å². The number of unbranched alkanes of at least 4 members (excludes halogenated alkanes) is 4. The number of pyridine rings is 1. The molecule has 1 amide bonds. The molecule has 1 atom stereocenters. The molecule has 0 aliphatic heterocycles. The molecule has 1 aromatic rings. The minimum absolute atomic E-state index is 0.0383. The zero-order chi connectivity index (χ0) is 18.5. The summed E-state index contributed by atoms with van der Waals surface area (Å²) >= 11 is 0. The smallest absolute Gasteiger partial charge is 0.414 e. The van der Waals surface area contributed by atoms with Crippen LogP contribution in [-0.4, -0.2) is 36.8 Å². The van der Waals surface area contributed by atoms with Crippen LogP contribution in [0.2, 0.25) is 0 Å². The summed E-state index contributed by atoms with van der Waals surface area (Å²) in [6.45, 7) is 3.77. The molecule has 140 valence electrons. The lowest BCUT2D eigenvalue weighted by atomic mass is 10.1. The van der Waals surface area contributed by atoms with Gasteiger partial charge in [0.15, 0.2) is 5.75 Å². The SMILES string of the molecule is CCCCCCCC(C)OC(=O)CNC(=O)Oc1ncccc1OC. The number of aromatic nitrogens is 1. The van der Waals surface area contributed by atoms with Gasteiger partial charge >= 0.3 is 12.1 Å². The van der Waals surface area contributed by atoms with Gasteiger partial charge in [0.05, 0.1) is 13.2 Å². The summed E-state index contributed by atoms with van der Waals surface area (Å²) in [7, 11) is 1.45. The van der Waals surface area contributed by atoms with Crippen LogP contribution in [0.15, 0.2) is 18.3 Å². The lowest BCUT2D eigenvalue weighted by Crippen LogP contribution is -2.34. The van der Waals surface area contributed by atoms with E-state index in [4.69, 9.17) is 14.2 Å². The van der Waals surface area contributed by atoms with E-state index in [2.05, 4.69) is 17.2 Å². The molecule has 0 spiro atoms. The summed E-state index contributed by atoms with van der Waals surface area (Å²) in [6, 6.07) is 3.27. The quantitative estimate of drug-likeness (QED) is 0.485. The molecular formula is C18H28N2O5. The Morgan fingerprint density at radius 3 is 2.72 bits per heavy atom. The van der Waals surface area contributed by atoms with Gasteiger partial charge in [-0.3, -0.25) is 4.79 Å². The minimum Gasteiger partial charge on any atom is -0.491 e. The largest absolute Gasteiger partial charge is 0.491 e. The van der Waals surface area contributed by atoms with Gasteiger partial charge in [-0.25, -0.2) is 9.78 Å². The van der Waals surface area contributed by atoms with E-state index in [1.165, 1.54) is 32.6 Å². The third-order valence-electron chi connectivity index (χ3n) is 3.57. The van der Waals surface area contributed by atoms with Crippen LogP contribution in [0.1, 0.15) is 52.4 Å². The van der Waals surface area contributed by atoms with Gasteiger partial charge in [-0.2, -0.15) is 0 Å². The van der Waals surface area contributed by atoms with Crippen molar-refractivity contribution in [3.05, 3.63) is 18.3 Å². The molecule has 1 rings (SSSR count). The highest BCUT2D eigenvalue weighted by Gasteiger charge is 2.14. The Balaban J connectivity index is 2.23. The molecule has 0 aromatic carbocycles. The maximum atomic E-state index is 11.7. The van der Waals surface area contributed by atoms with Crippen molar-refractivity contribution in [2.75, 3.05) is 13.7 Å². The molecule has 1 heterocycles. The first-order chi connectivity index (χ1) is 12.1. The molecule has 0 saturated carbocycles. The first-order valence-electron chi connectivity index (χ1n) is 8.71. The second-order valence-corrected chi connectivity index (χ2v) is 5.76. The highest BCUT2D eigenvalue weighted by Crippen LogP contribution is 2.22. The number of methoxy groups -OCH3 is 1. The van der Waals surface area contributed by atoms with E-state index in [0.717, 1.165) is 19.3 Å². The molecule has 25 heavy (non-hydrogen) atoms. The number of ether oxygens (including phenoxy) is 3. The van der Waals surface area contributed by atoms with E-state index < -0.39 is 12.1 Å². The number of nitrogens with one attached hydrogen (secondary N) is 1. The Morgan fingerprint density at radius 2 is 2.00 bits per heavy atom. The number of rotatable bonds is 11. The molecule has 1 unspecified atom stereocenters. The second-order valence-electron chi connectivity index (χ2n) is 5.76. The number of carbonyl (C=O) groups excluding carboxylic acids is 2. The van der Waals surface area contributed by atoms with Gasteiger partial charge in [-0.15, -0.1) is 0 Å². The zero-order valence-corrected chi connectivity index (χ0v) is 15.2. The number of amides is 1. The Hall–Kier alpha value is -2.31. The van der Waals surface area contributed by atoms with Crippen molar-refractivity contribution in [2.45, 2.75) is 58.5 Å². The average molecular weight is 352 g/mol. The highest BCUT2D eigenvalue weighted by atomic mass is 16.6. The molecular weight excluding hydrogens is 324 g/mol. The lowest BCUT2D eigenvalue weighted by Gasteiger charge is -2.13. The Morgan fingerprint density at radius 1 is 1.24 bits per heavy atom. The monoisotopic (exact) mass is 352 g/mol. The summed E-state index contributed by atoms with van der Waals surface area (Å²) < 4.78 is 15.3. The molecule has 0 fully saturated rings. The van der Waals surface area contributed by atoms with E-state index >= 15 is 0 Å². The standard InChI is InChI=1S/C18H28N2O5/c1-4-5-6-7-8-10-14(2)24-16(21)13-20-18(22)25-17-15(23-3)11-9-12-19-17/h9,11-12,14H,4-8,10,13H2,1-3H3,(H,20,22). The fourth-order valence-electron chi connectivity index (χ4n) is 2.24. The van der Waals surface area contributed by atoms with Gasteiger partial charge in [0, 0.05) is 6.20 Å². The van der Waals surface area contributed by atoms with Crippen LogP contribution in [0, 0.1) is 0 Å². The predicted octanol–water partition coefficient (Wildman–Crippen LogP) is 3.47. The molecule has 1 aromatic heterocycles. The van der Waals surface area contributed by atoms with Gasteiger partial charge in [0.1, 0.15) is 6.54 Å². The molecule has 1 N–H and O–H groups in total. The lowest BCUT2D eigenvalue weighted by molar-refractivity contribution is -0.147. The van der Waals surface area contributed by atoms with E-state index in [-0.39, 0.29) is 18.5 Å². The molecule has 0 radical (unpaired) electrons. The van der Waals surface area contributed by atoms with Crippen LogP contribution in [0.4, 0.5) is 4.79 Å². The van der Waals surface area contributed by atoms with Gasteiger partial charge in [0.25, 0.3) is 5.88 Å². The van der Waals surface area contributed by atoms with Crippen LogP contribution >= 0.6 is 0 Å². The molecule has 0 aliphatic rings. The van der Waals surface area contributed by atoms with Crippen LogP contribution < -0.4 is 14.8 Å². The summed E-state index contributed by atoms with van der Waals surface area (Å²) in [5.41, 5.74) is 0.